The SMILES string of the molecule is Cc1cc(NC(=O)C(=O)N2C[C@@H](C)CCC2c2cccc3c2CCN3)cnc1N. The van der Waals surface area contributed by atoms with E-state index in [1.165, 1.54) is 11.8 Å². The number of rotatable bonds is 2. The zero-order valence-corrected chi connectivity index (χ0v) is 16.9. The number of hydrogen-bond acceptors (Lipinski definition) is 5. The molecular weight excluding hydrogens is 366 g/mol. The lowest BCUT2D eigenvalue weighted by molar-refractivity contribution is -0.146. The van der Waals surface area contributed by atoms with Crippen molar-refractivity contribution in [3.63, 3.8) is 0 Å². The van der Waals surface area contributed by atoms with E-state index < -0.39 is 11.8 Å². The summed E-state index contributed by atoms with van der Waals surface area (Å²) in [6.07, 6.45) is 4.31. The van der Waals surface area contributed by atoms with Gasteiger partial charge >= 0.3 is 11.8 Å². The Balaban J connectivity index is 1.58. The molecule has 0 spiro atoms. The van der Waals surface area contributed by atoms with Crippen molar-refractivity contribution >= 4 is 29.0 Å². The average Bonchev–Trinajstić information content (AvgIpc) is 3.19. The molecule has 2 aromatic rings. The number of pyridine rings is 1. The van der Waals surface area contributed by atoms with Gasteiger partial charge in [-0.05, 0) is 60.9 Å². The van der Waals surface area contributed by atoms with Crippen molar-refractivity contribution in [1.29, 1.82) is 0 Å². The summed E-state index contributed by atoms with van der Waals surface area (Å²) in [5, 5.41) is 6.08. The van der Waals surface area contributed by atoms with Crippen molar-refractivity contribution in [2.75, 3.05) is 29.5 Å². The summed E-state index contributed by atoms with van der Waals surface area (Å²) in [4.78, 5) is 31.7. The molecule has 4 N–H and O–H groups in total. The fourth-order valence-corrected chi connectivity index (χ4v) is 4.35. The molecule has 1 aromatic carbocycles. The Bertz CT molecular complexity index is 958. The zero-order valence-electron chi connectivity index (χ0n) is 16.9. The molecule has 2 amide bonds. The fourth-order valence-electron chi connectivity index (χ4n) is 4.35. The minimum atomic E-state index is -0.638. The lowest BCUT2D eigenvalue weighted by Gasteiger charge is -2.39. The summed E-state index contributed by atoms with van der Waals surface area (Å²) < 4.78 is 0. The van der Waals surface area contributed by atoms with Gasteiger partial charge in [-0.2, -0.15) is 0 Å². The number of nitrogens with zero attached hydrogens (tertiary/aromatic N) is 2. The highest BCUT2D eigenvalue weighted by atomic mass is 16.2. The van der Waals surface area contributed by atoms with Gasteiger partial charge in [-0.1, -0.05) is 19.1 Å². The van der Waals surface area contributed by atoms with Crippen molar-refractivity contribution in [2.45, 2.75) is 39.2 Å². The topological polar surface area (TPSA) is 100 Å². The predicted molar refractivity (Wildman–Crippen MR) is 114 cm³/mol. The minimum Gasteiger partial charge on any atom is -0.384 e. The number of anilines is 3. The number of carbonyl (C=O) groups is 2. The number of fused-ring (bicyclic) bond motifs is 1. The molecule has 0 saturated carbocycles. The molecule has 7 heteroatoms. The maximum absolute atomic E-state index is 13.1. The molecule has 2 atom stereocenters. The number of aromatic nitrogens is 1. The number of hydrogen-bond donors (Lipinski definition) is 3. The first-order valence-corrected chi connectivity index (χ1v) is 10.1. The molecule has 7 nitrogen and oxygen atoms in total. The molecule has 1 fully saturated rings. The Morgan fingerprint density at radius 1 is 1.31 bits per heavy atom. The number of likely N-dealkylation sites (tertiary alicyclic amines) is 1. The van der Waals surface area contributed by atoms with Crippen molar-refractivity contribution in [1.82, 2.24) is 9.88 Å². The Hall–Kier alpha value is -3.09. The van der Waals surface area contributed by atoms with E-state index in [0.717, 1.165) is 42.6 Å². The Labute approximate surface area is 170 Å². The molecule has 29 heavy (non-hydrogen) atoms. The van der Waals surface area contributed by atoms with E-state index in [-0.39, 0.29) is 6.04 Å². The standard InChI is InChI=1S/C22H27N5O2/c1-13-6-7-19(17-4-3-5-18-16(17)8-9-24-18)27(12-13)22(29)21(28)26-15-10-14(2)20(23)25-11-15/h3-5,10-11,13,19,24H,6-9,12H2,1-2H3,(H2,23,25)(H,26,28)/t13-,19?/m0/s1. The van der Waals surface area contributed by atoms with Gasteiger partial charge in [-0.25, -0.2) is 4.98 Å². The molecule has 0 aliphatic carbocycles. The number of aryl methyl sites for hydroxylation is 1. The maximum Gasteiger partial charge on any atom is 0.313 e. The molecular formula is C22H27N5O2. The summed E-state index contributed by atoms with van der Waals surface area (Å²) in [5.74, 6) is -0.371. The summed E-state index contributed by atoms with van der Waals surface area (Å²) in [6, 6.07) is 7.84. The maximum atomic E-state index is 13.1. The highest BCUT2D eigenvalue weighted by Gasteiger charge is 2.36. The number of nitrogens with two attached hydrogens (primary N) is 1. The van der Waals surface area contributed by atoms with Gasteiger partial charge < -0.3 is 21.3 Å². The highest BCUT2D eigenvalue weighted by Crippen LogP contribution is 2.38. The minimum absolute atomic E-state index is 0.0782. The normalized spacial score (nSPS) is 20.7. The van der Waals surface area contributed by atoms with Gasteiger partial charge in [0.05, 0.1) is 17.9 Å². The van der Waals surface area contributed by atoms with Crippen LogP contribution in [0.25, 0.3) is 0 Å². The number of nitrogens with one attached hydrogen (secondary N) is 2. The highest BCUT2D eigenvalue weighted by molar-refractivity contribution is 6.39. The fraction of sp³-hybridized carbons (Fsp3) is 0.409. The molecule has 2 aliphatic heterocycles. The second-order valence-electron chi connectivity index (χ2n) is 8.09. The van der Waals surface area contributed by atoms with E-state index in [0.29, 0.717) is 24.0 Å². The second-order valence-corrected chi connectivity index (χ2v) is 8.09. The first-order chi connectivity index (χ1) is 13.9. The lowest BCUT2D eigenvalue weighted by atomic mass is 9.87. The van der Waals surface area contributed by atoms with E-state index in [9.17, 15) is 9.59 Å². The van der Waals surface area contributed by atoms with Gasteiger partial charge in [0.15, 0.2) is 0 Å². The molecule has 1 saturated heterocycles. The quantitative estimate of drug-likeness (QED) is 0.681. The summed E-state index contributed by atoms with van der Waals surface area (Å²) in [7, 11) is 0. The molecule has 152 valence electrons. The van der Waals surface area contributed by atoms with Gasteiger partial charge in [-0.15, -0.1) is 0 Å². The van der Waals surface area contributed by atoms with E-state index in [1.807, 2.05) is 13.0 Å². The van der Waals surface area contributed by atoms with Crippen molar-refractivity contribution < 1.29 is 9.59 Å². The van der Waals surface area contributed by atoms with Crippen LogP contribution in [0.2, 0.25) is 0 Å². The van der Waals surface area contributed by atoms with E-state index in [2.05, 4.69) is 34.7 Å². The number of carbonyl (C=O) groups excluding carboxylic acids is 2. The summed E-state index contributed by atoms with van der Waals surface area (Å²) in [5.41, 5.74) is 10.5. The number of benzene rings is 1. The molecule has 3 heterocycles. The van der Waals surface area contributed by atoms with Crippen molar-refractivity contribution in [3.05, 3.63) is 47.2 Å². The second kappa shape index (κ2) is 7.73. The molecule has 1 unspecified atom stereocenters. The summed E-state index contributed by atoms with van der Waals surface area (Å²) in [6.45, 7) is 5.42. The number of piperidine rings is 1. The van der Waals surface area contributed by atoms with Gasteiger partial charge in [0.2, 0.25) is 0 Å². The van der Waals surface area contributed by atoms with Crippen LogP contribution in [-0.2, 0) is 16.0 Å². The van der Waals surface area contributed by atoms with Crippen molar-refractivity contribution in [2.24, 2.45) is 5.92 Å². The molecule has 0 radical (unpaired) electrons. The molecule has 2 aliphatic rings. The number of nitrogen functional groups attached to an aromatic ring is 1. The summed E-state index contributed by atoms with van der Waals surface area (Å²) >= 11 is 0. The van der Waals surface area contributed by atoms with Gasteiger partial charge in [0.25, 0.3) is 0 Å². The van der Waals surface area contributed by atoms with E-state index in [4.69, 9.17) is 5.73 Å². The van der Waals surface area contributed by atoms with Crippen LogP contribution in [0.1, 0.15) is 42.5 Å². The van der Waals surface area contributed by atoms with Crippen LogP contribution in [0.5, 0.6) is 0 Å². The van der Waals surface area contributed by atoms with Gasteiger partial charge in [0, 0.05) is 18.8 Å². The van der Waals surface area contributed by atoms with E-state index >= 15 is 0 Å². The zero-order chi connectivity index (χ0) is 20.5. The monoisotopic (exact) mass is 393 g/mol. The predicted octanol–water partition coefficient (Wildman–Crippen LogP) is 2.88. The average molecular weight is 393 g/mol. The van der Waals surface area contributed by atoms with Gasteiger partial charge in [0.1, 0.15) is 5.82 Å². The van der Waals surface area contributed by atoms with Gasteiger partial charge in [-0.3, -0.25) is 9.59 Å². The Morgan fingerprint density at radius 3 is 2.93 bits per heavy atom. The first kappa shape index (κ1) is 19.2. The van der Waals surface area contributed by atoms with E-state index in [1.54, 1.807) is 11.0 Å². The van der Waals surface area contributed by atoms with Crippen LogP contribution >= 0.6 is 0 Å². The lowest BCUT2D eigenvalue weighted by Crippen LogP contribution is -2.46. The Morgan fingerprint density at radius 2 is 2.14 bits per heavy atom. The van der Waals surface area contributed by atoms with Crippen molar-refractivity contribution in [3.8, 4) is 0 Å². The van der Waals surface area contributed by atoms with Crippen LogP contribution in [0.3, 0.4) is 0 Å². The number of amides is 2. The largest absolute Gasteiger partial charge is 0.384 e. The van der Waals surface area contributed by atoms with Crippen LogP contribution in [0.4, 0.5) is 17.2 Å². The smallest absolute Gasteiger partial charge is 0.313 e. The van der Waals surface area contributed by atoms with Crippen LogP contribution in [0, 0.1) is 12.8 Å². The Kier molecular flexibility index (Phi) is 5.13. The molecule has 0 bridgehead atoms. The third-order valence-corrected chi connectivity index (χ3v) is 5.91. The molecule has 1 aromatic heterocycles. The third-order valence-electron chi connectivity index (χ3n) is 5.91. The third kappa shape index (κ3) is 3.77. The molecule has 4 rings (SSSR count). The van der Waals surface area contributed by atoms with Crippen LogP contribution in [-0.4, -0.2) is 34.8 Å². The first-order valence-electron chi connectivity index (χ1n) is 10.1. The van der Waals surface area contributed by atoms with Crippen LogP contribution < -0.4 is 16.4 Å². The van der Waals surface area contributed by atoms with Crippen LogP contribution in [0.15, 0.2) is 30.5 Å².